The summed E-state index contributed by atoms with van der Waals surface area (Å²) in [6.45, 7) is 6.10. The van der Waals surface area contributed by atoms with Gasteiger partial charge in [-0.15, -0.1) is 0 Å². The molecule has 1 fully saturated rings. The van der Waals surface area contributed by atoms with Crippen LogP contribution in [0.5, 0.6) is 11.5 Å². The molecule has 0 bridgehead atoms. The molecule has 1 aliphatic heterocycles. The van der Waals surface area contributed by atoms with E-state index < -0.39 is 11.8 Å². The molecule has 0 radical (unpaired) electrons. The van der Waals surface area contributed by atoms with Gasteiger partial charge in [-0.05, 0) is 67.9 Å². The number of amides is 2. The SMILES string of the molecule is CCOc1cc(/C=C2\C(=O)NC(=S)N(c3cccc(C)c3C)C2=O)c(Cl)cc1OC. The van der Waals surface area contributed by atoms with Crippen molar-refractivity contribution in [2.75, 3.05) is 18.6 Å². The predicted octanol–water partition coefficient (Wildman–Crippen LogP) is 4.20. The topological polar surface area (TPSA) is 67.9 Å². The summed E-state index contributed by atoms with van der Waals surface area (Å²) in [4.78, 5) is 27.2. The molecule has 1 aliphatic rings. The molecule has 0 atom stereocenters. The van der Waals surface area contributed by atoms with Crippen LogP contribution in [-0.2, 0) is 9.59 Å². The second-order valence-corrected chi connectivity index (χ2v) is 7.43. The molecule has 0 saturated carbocycles. The Morgan fingerprint density at radius 2 is 1.93 bits per heavy atom. The van der Waals surface area contributed by atoms with Crippen LogP contribution in [0.3, 0.4) is 0 Å². The molecule has 2 amide bonds. The Morgan fingerprint density at radius 3 is 2.60 bits per heavy atom. The fourth-order valence-corrected chi connectivity index (χ4v) is 3.58. The van der Waals surface area contributed by atoms with E-state index in [2.05, 4.69) is 5.32 Å². The lowest BCUT2D eigenvalue weighted by Crippen LogP contribution is -2.54. The first-order valence-electron chi connectivity index (χ1n) is 9.26. The minimum atomic E-state index is -0.587. The van der Waals surface area contributed by atoms with Crippen molar-refractivity contribution in [3.05, 3.63) is 57.6 Å². The van der Waals surface area contributed by atoms with Crippen LogP contribution in [0.1, 0.15) is 23.6 Å². The number of methoxy groups -OCH3 is 1. The second kappa shape index (κ2) is 8.85. The lowest BCUT2D eigenvalue weighted by atomic mass is 10.0. The summed E-state index contributed by atoms with van der Waals surface area (Å²) in [5.41, 5.74) is 2.88. The zero-order valence-corrected chi connectivity index (χ0v) is 18.6. The number of hydrogen-bond acceptors (Lipinski definition) is 5. The van der Waals surface area contributed by atoms with Gasteiger partial charge >= 0.3 is 0 Å². The normalized spacial score (nSPS) is 15.4. The number of nitrogens with zero attached hydrogens (tertiary/aromatic N) is 1. The summed E-state index contributed by atoms with van der Waals surface area (Å²) in [5.74, 6) is -0.192. The minimum Gasteiger partial charge on any atom is -0.493 e. The summed E-state index contributed by atoms with van der Waals surface area (Å²) < 4.78 is 10.9. The van der Waals surface area contributed by atoms with Crippen LogP contribution in [0.4, 0.5) is 5.69 Å². The van der Waals surface area contributed by atoms with Gasteiger partial charge in [0.05, 0.1) is 24.4 Å². The highest BCUT2D eigenvalue weighted by Crippen LogP contribution is 2.35. The first-order valence-corrected chi connectivity index (χ1v) is 10.0. The van der Waals surface area contributed by atoms with Crippen LogP contribution >= 0.6 is 23.8 Å². The molecule has 0 spiro atoms. The number of halogens is 1. The molecule has 0 unspecified atom stereocenters. The third-order valence-electron chi connectivity index (χ3n) is 4.80. The number of ether oxygens (including phenoxy) is 2. The third-order valence-corrected chi connectivity index (χ3v) is 5.41. The van der Waals surface area contributed by atoms with Gasteiger partial charge in [0, 0.05) is 6.07 Å². The number of anilines is 1. The third kappa shape index (κ3) is 4.04. The quantitative estimate of drug-likeness (QED) is 0.425. The number of hydrogen-bond donors (Lipinski definition) is 1. The van der Waals surface area contributed by atoms with Crippen molar-refractivity contribution in [3.8, 4) is 11.5 Å². The Balaban J connectivity index is 2.09. The Hall–Kier alpha value is -2.90. The summed E-state index contributed by atoms with van der Waals surface area (Å²) >= 11 is 11.6. The largest absolute Gasteiger partial charge is 0.493 e. The highest BCUT2D eigenvalue weighted by molar-refractivity contribution is 7.80. The fraction of sp³-hybridized carbons (Fsp3) is 0.227. The smallest absolute Gasteiger partial charge is 0.270 e. The maximum absolute atomic E-state index is 13.3. The van der Waals surface area contributed by atoms with Crippen molar-refractivity contribution in [3.63, 3.8) is 0 Å². The molecule has 3 rings (SSSR count). The van der Waals surface area contributed by atoms with E-state index >= 15 is 0 Å². The molecule has 0 aromatic heterocycles. The lowest BCUT2D eigenvalue weighted by Gasteiger charge is -2.30. The Bertz CT molecular complexity index is 1080. The molecule has 1 N–H and O–H groups in total. The van der Waals surface area contributed by atoms with Gasteiger partial charge in [0.25, 0.3) is 11.8 Å². The number of aryl methyl sites for hydroxylation is 1. The van der Waals surface area contributed by atoms with Crippen LogP contribution in [0.2, 0.25) is 5.02 Å². The number of thiocarbonyl (C=S) groups is 1. The number of carbonyl (C=O) groups excluding carboxylic acids is 2. The van der Waals surface area contributed by atoms with Crippen molar-refractivity contribution in [2.24, 2.45) is 0 Å². The van der Waals surface area contributed by atoms with Crippen molar-refractivity contribution >= 4 is 52.5 Å². The molecule has 8 heteroatoms. The second-order valence-electron chi connectivity index (χ2n) is 6.63. The first-order chi connectivity index (χ1) is 14.3. The maximum atomic E-state index is 13.3. The molecule has 30 heavy (non-hydrogen) atoms. The molecule has 156 valence electrons. The molecule has 2 aromatic rings. The van der Waals surface area contributed by atoms with Gasteiger partial charge in [0.1, 0.15) is 5.57 Å². The Morgan fingerprint density at radius 1 is 1.20 bits per heavy atom. The van der Waals surface area contributed by atoms with Crippen molar-refractivity contribution in [2.45, 2.75) is 20.8 Å². The van der Waals surface area contributed by atoms with E-state index in [1.165, 1.54) is 18.1 Å². The van der Waals surface area contributed by atoms with Crippen molar-refractivity contribution < 1.29 is 19.1 Å². The minimum absolute atomic E-state index is 0.0340. The van der Waals surface area contributed by atoms with Crippen LogP contribution in [0.15, 0.2) is 35.9 Å². The van der Waals surface area contributed by atoms with Crippen molar-refractivity contribution in [1.82, 2.24) is 5.32 Å². The van der Waals surface area contributed by atoms with Crippen LogP contribution < -0.4 is 19.7 Å². The molecule has 1 heterocycles. The van der Waals surface area contributed by atoms with E-state index in [-0.39, 0.29) is 10.7 Å². The molecular formula is C22H21ClN2O4S. The van der Waals surface area contributed by atoms with Gasteiger partial charge < -0.3 is 9.47 Å². The highest BCUT2D eigenvalue weighted by Gasteiger charge is 2.35. The molecule has 2 aromatic carbocycles. The average molecular weight is 445 g/mol. The molecule has 1 saturated heterocycles. The van der Waals surface area contributed by atoms with Gasteiger partial charge in [0.15, 0.2) is 16.6 Å². The van der Waals surface area contributed by atoms with Gasteiger partial charge in [-0.25, -0.2) is 0 Å². The summed E-state index contributed by atoms with van der Waals surface area (Å²) in [6, 6.07) is 8.78. The maximum Gasteiger partial charge on any atom is 0.270 e. The number of carbonyl (C=O) groups is 2. The van der Waals surface area contributed by atoms with Gasteiger partial charge in [-0.1, -0.05) is 23.7 Å². The molecule has 0 aliphatic carbocycles. The zero-order valence-electron chi connectivity index (χ0n) is 17.0. The van der Waals surface area contributed by atoms with E-state index in [9.17, 15) is 9.59 Å². The standard InChI is InChI=1S/C22H21ClN2O4S/c1-5-29-19-10-14(16(23)11-18(19)28-4)9-15-20(26)24-22(30)25(21(15)27)17-8-6-7-12(2)13(17)3/h6-11H,5H2,1-4H3,(H,24,26,30)/b15-9+. The Kier molecular flexibility index (Phi) is 6.43. The highest BCUT2D eigenvalue weighted by atomic mass is 35.5. The first kappa shape index (κ1) is 21.8. The number of nitrogens with one attached hydrogen (secondary N) is 1. The summed E-state index contributed by atoms with van der Waals surface area (Å²) in [7, 11) is 1.51. The number of benzene rings is 2. The zero-order chi connectivity index (χ0) is 22.0. The predicted molar refractivity (Wildman–Crippen MR) is 121 cm³/mol. The monoisotopic (exact) mass is 444 g/mol. The van der Waals surface area contributed by atoms with E-state index in [0.717, 1.165) is 11.1 Å². The Labute approximate surface area is 185 Å². The molecular weight excluding hydrogens is 424 g/mol. The average Bonchev–Trinajstić information content (AvgIpc) is 2.70. The summed E-state index contributed by atoms with van der Waals surface area (Å²) in [6.07, 6.45) is 1.43. The van der Waals surface area contributed by atoms with E-state index in [1.54, 1.807) is 18.2 Å². The van der Waals surface area contributed by atoms with E-state index in [4.69, 9.17) is 33.3 Å². The van der Waals surface area contributed by atoms with Crippen LogP contribution in [-0.4, -0.2) is 30.6 Å². The van der Waals surface area contributed by atoms with Gasteiger partial charge in [-0.3, -0.25) is 19.8 Å². The van der Waals surface area contributed by atoms with Crippen LogP contribution in [0, 0.1) is 13.8 Å². The van der Waals surface area contributed by atoms with E-state index in [0.29, 0.717) is 34.4 Å². The van der Waals surface area contributed by atoms with Crippen molar-refractivity contribution in [1.29, 1.82) is 0 Å². The van der Waals surface area contributed by atoms with Gasteiger partial charge in [-0.2, -0.15) is 0 Å². The van der Waals surface area contributed by atoms with E-state index in [1.807, 2.05) is 32.9 Å². The van der Waals surface area contributed by atoms with Gasteiger partial charge in [0.2, 0.25) is 0 Å². The summed E-state index contributed by atoms with van der Waals surface area (Å²) in [5, 5.41) is 2.94. The molecule has 6 nitrogen and oxygen atoms in total. The van der Waals surface area contributed by atoms with Crippen LogP contribution in [0.25, 0.3) is 6.08 Å². The number of rotatable bonds is 5. The fourth-order valence-electron chi connectivity index (χ4n) is 3.10. The lowest BCUT2D eigenvalue weighted by molar-refractivity contribution is -0.122.